The van der Waals surface area contributed by atoms with Gasteiger partial charge < -0.3 is 15.5 Å². The molecule has 0 aromatic heterocycles. The summed E-state index contributed by atoms with van der Waals surface area (Å²) in [6.45, 7) is 0. The molecule has 0 aliphatic rings. The van der Waals surface area contributed by atoms with E-state index in [0.717, 1.165) is 0 Å². The Morgan fingerprint density at radius 3 is 2.07 bits per heavy atom. The van der Waals surface area contributed by atoms with E-state index >= 15 is 0 Å². The maximum absolute atomic E-state index is 13.1. The van der Waals surface area contributed by atoms with Crippen molar-refractivity contribution in [3.63, 3.8) is 0 Å². The van der Waals surface area contributed by atoms with Gasteiger partial charge in [-0.3, -0.25) is 0 Å². The summed E-state index contributed by atoms with van der Waals surface area (Å²) in [5.74, 6) is -2.05. The third kappa shape index (κ3) is 2.23. The lowest BCUT2D eigenvalue weighted by atomic mass is 10.2. The fourth-order valence-electron chi connectivity index (χ4n) is 1.03. The molecule has 0 radical (unpaired) electrons. The van der Waals surface area contributed by atoms with Gasteiger partial charge in [0.05, 0.1) is 4.47 Å². The van der Waals surface area contributed by atoms with Crippen LogP contribution in [0.4, 0.5) is 15.8 Å². The minimum atomic E-state index is -1.76. The van der Waals surface area contributed by atoms with Gasteiger partial charge in [-0.1, -0.05) is 0 Å². The molecule has 0 bridgehead atoms. The number of benzene rings is 1. The number of aromatic hydroxyl groups is 1. The highest BCUT2D eigenvalue weighted by molar-refractivity contribution is 9.10. The van der Waals surface area contributed by atoms with Crippen molar-refractivity contribution in [1.29, 1.82) is 0 Å². The molecule has 2 unspecified atom stereocenters. The number of halogens is 2. The van der Waals surface area contributed by atoms with Crippen LogP contribution in [-0.2, 0) is 0 Å². The molecule has 5 N–H and O–H groups in total. The number of phenols is 1. The lowest BCUT2D eigenvalue weighted by Gasteiger charge is -2.20. The van der Waals surface area contributed by atoms with Crippen LogP contribution < -0.4 is 10.5 Å². The summed E-state index contributed by atoms with van der Waals surface area (Å²) in [6, 6.07) is 0.686. The van der Waals surface area contributed by atoms with Gasteiger partial charge in [-0.15, -0.1) is 0 Å². The first-order chi connectivity index (χ1) is 6.86. The molecular formula is C6H6BrFN2O5. The van der Waals surface area contributed by atoms with Crippen molar-refractivity contribution in [3.05, 3.63) is 26.8 Å². The zero-order valence-corrected chi connectivity index (χ0v) is 8.58. The number of nitrogens with one attached hydrogen (secondary N) is 2. The Balaban J connectivity index is 3.54. The van der Waals surface area contributed by atoms with E-state index < -0.39 is 33.4 Å². The van der Waals surface area contributed by atoms with E-state index in [4.69, 9.17) is 10.4 Å². The molecule has 0 aliphatic carbocycles. The topological polar surface area (TPSA) is 116 Å². The van der Waals surface area contributed by atoms with Crippen LogP contribution in [0.1, 0.15) is 0 Å². The van der Waals surface area contributed by atoms with E-state index in [-0.39, 0.29) is 4.47 Å². The predicted octanol–water partition coefficient (Wildman–Crippen LogP) is -0.899. The smallest absolute Gasteiger partial charge is 0.274 e. The van der Waals surface area contributed by atoms with Crippen molar-refractivity contribution in [1.82, 2.24) is 0 Å². The first-order valence-corrected chi connectivity index (χ1v) is 4.33. The third-order valence-electron chi connectivity index (χ3n) is 1.63. The number of quaternary nitrogens is 2. The van der Waals surface area contributed by atoms with E-state index in [0.29, 0.717) is 6.07 Å². The number of phenolic OH excluding ortho intramolecular Hbond substituents is 1. The maximum Gasteiger partial charge on any atom is 0.274 e. The average molecular weight is 285 g/mol. The van der Waals surface area contributed by atoms with Crippen molar-refractivity contribution in [3.8, 4) is 5.75 Å². The lowest BCUT2D eigenvalue weighted by molar-refractivity contribution is -1.02. The van der Waals surface area contributed by atoms with Crippen LogP contribution in [0.3, 0.4) is 0 Å². The van der Waals surface area contributed by atoms with E-state index in [2.05, 4.69) is 15.9 Å². The molecule has 0 fully saturated rings. The van der Waals surface area contributed by atoms with Crippen molar-refractivity contribution in [2.75, 3.05) is 0 Å². The molecule has 84 valence electrons. The Morgan fingerprint density at radius 1 is 1.20 bits per heavy atom. The summed E-state index contributed by atoms with van der Waals surface area (Å²) in [7, 11) is 0. The van der Waals surface area contributed by atoms with Crippen LogP contribution in [0.2, 0.25) is 0 Å². The Bertz CT molecular complexity index is 386. The molecule has 0 amide bonds. The SMILES string of the molecule is [O-][NH+](O)c1c(F)cc(Br)c(O)c1[NH+]([O-])O. The fourth-order valence-corrected chi connectivity index (χ4v) is 1.43. The molecule has 0 spiro atoms. The highest BCUT2D eigenvalue weighted by atomic mass is 79.9. The summed E-state index contributed by atoms with van der Waals surface area (Å²) in [5.41, 5.74) is -2.04. The fraction of sp³-hybridized carbons (Fsp3) is 0. The van der Waals surface area contributed by atoms with Gasteiger partial charge in [-0.05, 0) is 22.0 Å². The predicted molar refractivity (Wildman–Crippen MR) is 47.3 cm³/mol. The van der Waals surface area contributed by atoms with Crippen LogP contribution in [0.15, 0.2) is 10.5 Å². The second-order valence-electron chi connectivity index (χ2n) is 2.55. The number of rotatable bonds is 2. The van der Waals surface area contributed by atoms with Crippen molar-refractivity contribution in [2.24, 2.45) is 0 Å². The van der Waals surface area contributed by atoms with Gasteiger partial charge in [0, 0.05) is 0 Å². The summed E-state index contributed by atoms with van der Waals surface area (Å²) in [5, 5.41) is 44.2. The Morgan fingerprint density at radius 2 is 1.67 bits per heavy atom. The third-order valence-corrected chi connectivity index (χ3v) is 2.24. The zero-order valence-electron chi connectivity index (χ0n) is 6.99. The van der Waals surface area contributed by atoms with Gasteiger partial charge in [0.15, 0.2) is 5.82 Å². The van der Waals surface area contributed by atoms with E-state index in [1.54, 1.807) is 0 Å². The van der Waals surface area contributed by atoms with Crippen molar-refractivity contribution < 1.29 is 30.4 Å². The summed E-state index contributed by atoms with van der Waals surface area (Å²) >= 11 is 2.70. The molecule has 0 aliphatic heterocycles. The summed E-state index contributed by atoms with van der Waals surface area (Å²) in [6.07, 6.45) is 0. The van der Waals surface area contributed by atoms with Gasteiger partial charge in [0.25, 0.3) is 11.4 Å². The highest BCUT2D eigenvalue weighted by Gasteiger charge is 2.28. The maximum atomic E-state index is 13.1. The molecular weight excluding hydrogens is 279 g/mol. The van der Waals surface area contributed by atoms with Gasteiger partial charge in [-0.25, -0.2) is 10.4 Å². The van der Waals surface area contributed by atoms with Crippen LogP contribution in [0.25, 0.3) is 0 Å². The molecule has 2 atom stereocenters. The van der Waals surface area contributed by atoms with Crippen LogP contribution in [0, 0.1) is 16.2 Å². The van der Waals surface area contributed by atoms with Crippen LogP contribution >= 0.6 is 15.9 Å². The Labute approximate surface area is 90.8 Å². The molecule has 1 rings (SSSR count). The number of hydrogen-bond acceptors (Lipinski definition) is 5. The monoisotopic (exact) mass is 284 g/mol. The first kappa shape index (κ1) is 12.3. The van der Waals surface area contributed by atoms with Crippen LogP contribution in [-0.4, -0.2) is 15.5 Å². The van der Waals surface area contributed by atoms with Crippen molar-refractivity contribution in [2.45, 2.75) is 0 Å². The van der Waals surface area contributed by atoms with E-state index in [1.807, 2.05) is 0 Å². The van der Waals surface area contributed by atoms with Gasteiger partial charge in [0.1, 0.15) is 0 Å². The quantitative estimate of drug-likeness (QED) is 0.357. The van der Waals surface area contributed by atoms with Gasteiger partial charge >= 0.3 is 0 Å². The average Bonchev–Trinajstić information content (AvgIpc) is 2.09. The molecule has 9 heteroatoms. The highest BCUT2D eigenvalue weighted by Crippen LogP contribution is 2.35. The lowest BCUT2D eigenvalue weighted by Crippen LogP contribution is -3.05. The second-order valence-corrected chi connectivity index (χ2v) is 3.40. The zero-order chi connectivity index (χ0) is 11.7. The molecule has 0 saturated carbocycles. The number of hydrogen-bond donors (Lipinski definition) is 5. The molecule has 7 nitrogen and oxygen atoms in total. The minimum Gasteiger partial charge on any atom is -0.595 e. The largest absolute Gasteiger partial charge is 0.595 e. The summed E-state index contributed by atoms with van der Waals surface area (Å²) in [4.78, 5) is 0. The molecule has 1 aromatic rings. The minimum absolute atomic E-state index is 0.220. The standard InChI is InChI=1S/C6H6BrFN2O5/c7-2-1-3(8)4(9(12)13)5(6(2)11)10(14)15/h1,9-12,14H. The van der Waals surface area contributed by atoms with E-state index in [1.165, 1.54) is 0 Å². The summed E-state index contributed by atoms with van der Waals surface area (Å²) < 4.78 is 12.9. The second kappa shape index (κ2) is 4.37. The van der Waals surface area contributed by atoms with Gasteiger partial charge in [-0.2, -0.15) is 14.8 Å². The molecule has 1 aromatic carbocycles. The molecule has 15 heavy (non-hydrogen) atoms. The first-order valence-electron chi connectivity index (χ1n) is 3.53. The Hall–Kier alpha value is -0.810. The van der Waals surface area contributed by atoms with E-state index in [9.17, 15) is 19.9 Å². The van der Waals surface area contributed by atoms with Gasteiger partial charge in [0.2, 0.25) is 5.75 Å². The van der Waals surface area contributed by atoms with Crippen LogP contribution in [0.5, 0.6) is 5.75 Å². The Kier molecular flexibility index (Phi) is 3.57. The molecule has 0 saturated heterocycles. The van der Waals surface area contributed by atoms with Crippen molar-refractivity contribution >= 4 is 27.3 Å². The molecule has 0 heterocycles. The normalized spacial score (nSPS) is 15.1.